The van der Waals surface area contributed by atoms with Crippen LogP contribution in [-0.4, -0.2) is 30.4 Å². The summed E-state index contributed by atoms with van der Waals surface area (Å²) in [4.78, 5) is 14.0. The molecule has 1 aromatic carbocycles. The fraction of sp³-hybridized carbons (Fsp3) is 0.533. The number of likely N-dealkylation sites (tertiary alicyclic amines) is 1. The molecule has 0 aromatic heterocycles. The Morgan fingerprint density at radius 1 is 1.45 bits per heavy atom. The summed E-state index contributed by atoms with van der Waals surface area (Å²) in [5.74, 6) is -0.226. The van der Waals surface area contributed by atoms with Crippen LogP contribution in [0.15, 0.2) is 18.2 Å². The van der Waals surface area contributed by atoms with Crippen molar-refractivity contribution in [2.75, 3.05) is 13.6 Å². The van der Waals surface area contributed by atoms with E-state index in [2.05, 4.69) is 10.2 Å². The van der Waals surface area contributed by atoms with E-state index < -0.39 is 0 Å². The van der Waals surface area contributed by atoms with Crippen LogP contribution >= 0.6 is 0 Å². The highest BCUT2D eigenvalue weighted by Gasteiger charge is 2.28. The first-order chi connectivity index (χ1) is 9.67. The molecule has 1 saturated heterocycles. The number of nitrogens with zero attached hydrogens (tertiary/aromatic N) is 1. The average molecular weight is 279 g/mol. The van der Waals surface area contributed by atoms with Crippen molar-refractivity contribution >= 4 is 5.91 Å². The van der Waals surface area contributed by atoms with E-state index in [0.717, 1.165) is 25.8 Å². The van der Waals surface area contributed by atoms with Crippen LogP contribution in [0.1, 0.15) is 30.4 Å². The van der Waals surface area contributed by atoms with Crippen molar-refractivity contribution in [2.45, 2.75) is 38.4 Å². The van der Waals surface area contributed by atoms with Gasteiger partial charge in [0.05, 0.1) is 6.04 Å². The molecule has 0 spiro atoms. The molecular formula is C15H22FN3O. The first-order valence-corrected chi connectivity index (χ1v) is 7.09. The minimum absolute atomic E-state index is 0.0140. The number of nitrogens with one attached hydrogen (secondary N) is 1. The summed E-state index contributed by atoms with van der Waals surface area (Å²) in [7, 11) is 1.64. The smallest absolute Gasteiger partial charge is 0.237 e. The van der Waals surface area contributed by atoms with Crippen molar-refractivity contribution in [2.24, 2.45) is 5.73 Å². The molecular weight excluding hydrogens is 257 g/mol. The minimum Gasteiger partial charge on any atom is -0.358 e. The van der Waals surface area contributed by atoms with Crippen molar-refractivity contribution in [3.05, 3.63) is 35.1 Å². The molecule has 1 unspecified atom stereocenters. The van der Waals surface area contributed by atoms with Crippen molar-refractivity contribution in [3.63, 3.8) is 0 Å². The molecule has 1 heterocycles. The van der Waals surface area contributed by atoms with Gasteiger partial charge in [0.15, 0.2) is 0 Å². The number of amides is 1. The van der Waals surface area contributed by atoms with E-state index >= 15 is 0 Å². The molecule has 1 aliphatic heterocycles. The number of halogens is 1. The summed E-state index contributed by atoms with van der Waals surface area (Å²) in [6, 6.07) is 5.13. The standard InChI is InChI=1S/C15H22FN3O/c1-18-15(20)13-7-2-3-8-19(13)10-12-6-4-5-11(9-17)14(12)16/h4-6,13H,2-3,7-10,17H2,1H3,(H,18,20). The third kappa shape index (κ3) is 3.16. The number of carbonyl (C=O) groups excluding carboxylic acids is 1. The Morgan fingerprint density at radius 2 is 2.20 bits per heavy atom. The highest BCUT2D eigenvalue weighted by molar-refractivity contribution is 5.81. The quantitative estimate of drug-likeness (QED) is 0.875. The van der Waals surface area contributed by atoms with Crippen LogP contribution in [0, 0.1) is 5.82 Å². The largest absolute Gasteiger partial charge is 0.358 e. The highest BCUT2D eigenvalue weighted by Crippen LogP contribution is 2.22. The summed E-state index contributed by atoms with van der Waals surface area (Å²) < 4.78 is 14.2. The monoisotopic (exact) mass is 279 g/mol. The number of carbonyl (C=O) groups is 1. The lowest BCUT2D eigenvalue weighted by Crippen LogP contribution is -2.48. The molecule has 110 valence electrons. The number of hydrogen-bond donors (Lipinski definition) is 2. The summed E-state index contributed by atoms with van der Waals surface area (Å²) in [5, 5.41) is 2.69. The summed E-state index contributed by atoms with van der Waals surface area (Å²) in [6.45, 7) is 1.47. The zero-order valence-corrected chi connectivity index (χ0v) is 11.9. The van der Waals surface area contributed by atoms with Gasteiger partial charge >= 0.3 is 0 Å². The zero-order valence-electron chi connectivity index (χ0n) is 11.9. The van der Waals surface area contributed by atoms with Gasteiger partial charge in [-0.3, -0.25) is 9.69 Å². The topological polar surface area (TPSA) is 58.4 Å². The molecule has 3 N–H and O–H groups in total. The van der Waals surface area contributed by atoms with Crippen LogP contribution in [0.2, 0.25) is 0 Å². The highest BCUT2D eigenvalue weighted by atomic mass is 19.1. The number of nitrogens with two attached hydrogens (primary N) is 1. The molecule has 4 nitrogen and oxygen atoms in total. The average Bonchev–Trinajstić information content (AvgIpc) is 2.49. The molecule has 20 heavy (non-hydrogen) atoms. The number of benzene rings is 1. The van der Waals surface area contributed by atoms with Crippen LogP contribution in [-0.2, 0) is 17.9 Å². The Hall–Kier alpha value is -1.46. The Balaban J connectivity index is 2.16. The zero-order chi connectivity index (χ0) is 14.5. The van der Waals surface area contributed by atoms with Crippen LogP contribution in [0.5, 0.6) is 0 Å². The van der Waals surface area contributed by atoms with Crippen molar-refractivity contribution in [1.29, 1.82) is 0 Å². The second-order valence-corrected chi connectivity index (χ2v) is 5.19. The Kier molecular flexibility index (Phi) is 5.09. The molecule has 5 heteroatoms. The molecule has 1 fully saturated rings. The second kappa shape index (κ2) is 6.81. The van der Waals surface area contributed by atoms with Gasteiger partial charge in [0.1, 0.15) is 5.82 Å². The number of likely N-dealkylation sites (N-methyl/N-ethyl adjacent to an activating group) is 1. The molecule has 1 aromatic rings. The fourth-order valence-electron chi connectivity index (χ4n) is 2.78. The SMILES string of the molecule is CNC(=O)C1CCCCN1Cc1cccc(CN)c1F. The molecule has 0 radical (unpaired) electrons. The second-order valence-electron chi connectivity index (χ2n) is 5.19. The van der Waals surface area contributed by atoms with Crippen LogP contribution in [0.4, 0.5) is 4.39 Å². The normalized spacial score (nSPS) is 19.9. The Bertz CT molecular complexity index is 478. The van der Waals surface area contributed by atoms with Gasteiger partial charge in [-0.25, -0.2) is 4.39 Å². The maximum absolute atomic E-state index is 14.2. The molecule has 1 amide bonds. The van der Waals surface area contributed by atoms with Gasteiger partial charge in [-0.05, 0) is 19.4 Å². The lowest BCUT2D eigenvalue weighted by atomic mass is 10.00. The predicted octanol–water partition coefficient (Wildman–Crippen LogP) is 1.38. The number of piperidine rings is 1. The van der Waals surface area contributed by atoms with Gasteiger partial charge in [0, 0.05) is 31.3 Å². The minimum atomic E-state index is -0.240. The lowest BCUT2D eigenvalue weighted by Gasteiger charge is -2.34. The van der Waals surface area contributed by atoms with E-state index in [0.29, 0.717) is 17.7 Å². The van der Waals surface area contributed by atoms with Crippen LogP contribution in [0.3, 0.4) is 0 Å². The van der Waals surface area contributed by atoms with Crippen molar-refractivity contribution in [1.82, 2.24) is 10.2 Å². The Morgan fingerprint density at radius 3 is 2.90 bits per heavy atom. The van der Waals surface area contributed by atoms with Gasteiger partial charge in [0.25, 0.3) is 0 Å². The third-order valence-electron chi connectivity index (χ3n) is 3.91. The van der Waals surface area contributed by atoms with Gasteiger partial charge in [-0.15, -0.1) is 0 Å². The van der Waals surface area contributed by atoms with Crippen LogP contribution in [0.25, 0.3) is 0 Å². The molecule has 1 atom stereocenters. The van der Waals surface area contributed by atoms with Gasteiger partial charge in [-0.2, -0.15) is 0 Å². The summed E-state index contributed by atoms with van der Waals surface area (Å²) >= 11 is 0. The number of hydrogen-bond acceptors (Lipinski definition) is 3. The lowest BCUT2D eigenvalue weighted by molar-refractivity contribution is -0.127. The van der Waals surface area contributed by atoms with E-state index in [4.69, 9.17) is 5.73 Å². The molecule has 0 bridgehead atoms. The van der Waals surface area contributed by atoms with Crippen molar-refractivity contribution in [3.8, 4) is 0 Å². The van der Waals surface area contributed by atoms with E-state index in [1.165, 1.54) is 0 Å². The maximum atomic E-state index is 14.2. The van der Waals surface area contributed by atoms with E-state index in [1.807, 2.05) is 6.07 Å². The van der Waals surface area contributed by atoms with Crippen molar-refractivity contribution < 1.29 is 9.18 Å². The first kappa shape index (κ1) is 14.9. The van der Waals surface area contributed by atoms with Gasteiger partial charge in [0.2, 0.25) is 5.91 Å². The molecule has 0 saturated carbocycles. The van der Waals surface area contributed by atoms with Crippen LogP contribution < -0.4 is 11.1 Å². The Labute approximate surface area is 119 Å². The third-order valence-corrected chi connectivity index (χ3v) is 3.91. The van der Waals surface area contributed by atoms with E-state index in [-0.39, 0.29) is 24.3 Å². The van der Waals surface area contributed by atoms with E-state index in [1.54, 1.807) is 19.2 Å². The molecule has 1 aliphatic rings. The van der Waals surface area contributed by atoms with Gasteiger partial charge in [-0.1, -0.05) is 24.6 Å². The summed E-state index contributed by atoms with van der Waals surface area (Å²) in [6.07, 6.45) is 2.92. The maximum Gasteiger partial charge on any atom is 0.237 e. The van der Waals surface area contributed by atoms with Gasteiger partial charge < -0.3 is 11.1 Å². The number of rotatable bonds is 4. The fourth-order valence-corrected chi connectivity index (χ4v) is 2.78. The first-order valence-electron chi connectivity index (χ1n) is 7.09. The van der Waals surface area contributed by atoms with E-state index in [9.17, 15) is 9.18 Å². The molecule has 0 aliphatic carbocycles. The molecule has 2 rings (SSSR count). The summed E-state index contributed by atoms with van der Waals surface area (Å²) in [5.41, 5.74) is 6.67. The predicted molar refractivity (Wildman–Crippen MR) is 76.4 cm³/mol.